The molecule has 3 nitrogen and oxygen atoms in total. The molecule has 0 aliphatic heterocycles. The van der Waals surface area contributed by atoms with Crippen LogP contribution in [-0.2, 0) is 20.0 Å². The Hall–Kier alpha value is -0.810. The molecule has 0 bridgehead atoms. The predicted molar refractivity (Wildman–Crippen MR) is 78.1 cm³/mol. The van der Waals surface area contributed by atoms with Crippen LogP contribution >= 0.6 is 23.1 Å². The molecule has 0 fully saturated rings. The maximum Gasteiger partial charge on any atom is 0.243 e. The smallest absolute Gasteiger partial charge is 0.243 e. The Balaban J connectivity index is 1.55. The molecule has 5 heteroatoms. The van der Waals surface area contributed by atoms with E-state index in [1.807, 2.05) is 17.3 Å². The van der Waals surface area contributed by atoms with Crippen LogP contribution in [0, 0.1) is 6.92 Å². The average molecular weight is 282 g/mol. The standard InChI is InChI=1S/C13H20N3S2/c1-12-13(18-10-14-12)4-9-17-8-3-5-16-7-6-15(2)11-16/h6-7,10-11H,3-5,8-9H2,1-2H3/q+1. The lowest BCUT2D eigenvalue weighted by Gasteiger charge is -2.00. The quantitative estimate of drug-likeness (QED) is 0.575. The fraction of sp³-hybridized carbons (Fsp3) is 0.538. The van der Waals surface area contributed by atoms with Gasteiger partial charge < -0.3 is 0 Å². The second-order valence-electron chi connectivity index (χ2n) is 4.39. The lowest BCUT2D eigenvalue weighted by Crippen LogP contribution is -2.23. The van der Waals surface area contributed by atoms with Gasteiger partial charge in [-0.05, 0) is 31.3 Å². The van der Waals surface area contributed by atoms with Crippen molar-refractivity contribution in [3.63, 3.8) is 0 Å². The molecule has 0 atom stereocenters. The first-order valence-corrected chi connectivity index (χ1v) is 8.27. The molecular formula is C13H20N3S2+. The van der Waals surface area contributed by atoms with Crippen LogP contribution in [0.5, 0.6) is 0 Å². The van der Waals surface area contributed by atoms with Crippen molar-refractivity contribution in [2.24, 2.45) is 7.05 Å². The van der Waals surface area contributed by atoms with E-state index in [0.717, 1.165) is 6.54 Å². The van der Waals surface area contributed by atoms with Gasteiger partial charge in [-0.3, -0.25) is 0 Å². The molecule has 98 valence electrons. The van der Waals surface area contributed by atoms with E-state index >= 15 is 0 Å². The predicted octanol–water partition coefficient (Wildman–Crippen LogP) is 2.44. The molecule has 0 spiro atoms. The zero-order chi connectivity index (χ0) is 12.8. The number of nitrogens with zero attached hydrogens (tertiary/aromatic N) is 3. The molecular weight excluding hydrogens is 262 g/mol. The molecule has 0 aromatic carbocycles. The van der Waals surface area contributed by atoms with Crippen LogP contribution in [0.2, 0.25) is 0 Å². The third-order valence-electron chi connectivity index (χ3n) is 2.85. The van der Waals surface area contributed by atoms with E-state index in [1.165, 1.54) is 34.9 Å². The number of imidazole rings is 1. The average Bonchev–Trinajstić information content (AvgIpc) is 2.93. The van der Waals surface area contributed by atoms with Crippen molar-refractivity contribution in [2.45, 2.75) is 26.3 Å². The lowest BCUT2D eigenvalue weighted by molar-refractivity contribution is -0.671. The first kappa shape index (κ1) is 13.6. The Morgan fingerprint density at radius 2 is 2.33 bits per heavy atom. The number of hydrogen-bond acceptors (Lipinski definition) is 3. The Labute approximate surface area is 117 Å². The summed E-state index contributed by atoms with van der Waals surface area (Å²) in [6, 6.07) is 0. The van der Waals surface area contributed by atoms with Crippen LogP contribution in [-0.4, -0.2) is 21.1 Å². The maximum atomic E-state index is 4.28. The largest absolute Gasteiger partial charge is 0.250 e. The van der Waals surface area contributed by atoms with Crippen LogP contribution < -0.4 is 4.57 Å². The van der Waals surface area contributed by atoms with E-state index in [-0.39, 0.29) is 0 Å². The molecule has 0 amide bonds. The third-order valence-corrected chi connectivity index (χ3v) is 4.91. The molecule has 2 heterocycles. The van der Waals surface area contributed by atoms with Crippen molar-refractivity contribution in [1.29, 1.82) is 0 Å². The fourth-order valence-corrected chi connectivity index (χ4v) is 3.61. The van der Waals surface area contributed by atoms with Gasteiger partial charge in [-0.25, -0.2) is 14.1 Å². The number of rotatable bonds is 7. The second kappa shape index (κ2) is 6.95. The van der Waals surface area contributed by atoms with E-state index in [2.05, 4.69) is 46.8 Å². The van der Waals surface area contributed by atoms with E-state index in [0.29, 0.717) is 0 Å². The number of thioether (sulfide) groups is 1. The molecule has 0 aliphatic rings. The van der Waals surface area contributed by atoms with Crippen molar-refractivity contribution >= 4 is 23.1 Å². The van der Waals surface area contributed by atoms with Gasteiger partial charge in [-0.2, -0.15) is 11.8 Å². The SMILES string of the molecule is Cc1ncsc1CCSCCCn1cc[n+](C)c1. The second-order valence-corrected chi connectivity index (χ2v) is 6.56. The van der Waals surface area contributed by atoms with Gasteiger partial charge >= 0.3 is 0 Å². The lowest BCUT2D eigenvalue weighted by atomic mass is 10.3. The van der Waals surface area contributed by atoms with Crippen molar-refractivity contribution in [1.82, 2.24) is 9.55 Å². The Bertz CT molecular complexity index is 476. The van der Waals surface area contributed by atoms with E-state index in [9.17, 15) is 0 Å². The first-order chi connectivity index (χ1) is 8.75. The van der Waals surface area contributed by atoms with Crippen molar-refractivity contribution in [2.75, 3.05) is 11.5 Å². The van der Waals surface area contributed by atoms with Gasteiger partial charge in [0, 0.05) is 4.88 Å². The van der Waals surface area contributed by atoms with Gasteiger partial charge in [0.1, 0.15) is 12.4 Å². The van der Waals surface area contributed by atoms with E-state index in [4.69, 9.17) is 0 Å². The summed E-state index contributed by atoms with van der Waals surface area (Å²) >= 11 is 3.83. The van der Waals surface area contributed by atoms with Gasteiger partial charge in [0.25, 0.3) is 0 Å². The third kappa shape index (κ3) is 4.14. The fourth-order valence-electron chi connectivity index (χ4n) is 1.82. The van der Waals surface area contributed by atoms with Gasteiger partial charge in [-0.1, -0.05) is 0 Å². The molecule has 0 N–H and O–H groups in total. The Kier molecular flexibility index (Phi) is 5.26. The van der Waals surface area contributed by atoms with Crippen molar-refractivity contribution in [3.8, 4) is 0 Å². The van der Waals surface area contributed by atoms with Crippen LogP contribution in [0.1, 0.15) is 17.0 Å². The molecule has 0 unspecified atom stereocenters. The molecule has 18 heavy (non-hydrogen) atoms. The number of aromatic nitrogens is 3. The van der Waals surface area contributed by atoms with Crippen LogP contribution in [0.4, 0.5) is 0 Å². The topological polar surface area (TPSA) is 21.7 Å². The first-order valence-electron chi connectivity index (χ1n) is 6.23. The Morgan fingerprint density at radius 3 is 3.00 bits per heavy atom. The summed E-state index contributed by atoms with van der Waals surface area (Å²) < 4.78 is 4.33. The highest BCUT2D eigenvalue weighted by Gasteiger charge is 2.02. The monoisotopic (exact) mass is 282 g/mol. The van der Waals surface area contributed by atoms with Crippen LogP contribution in [0.25, 0.3) is 0 Å². The van der Waals surface area contributed by atoms with Gasteiger partial charge in [0.2, 0.25) is 6.33 Å². The molecule has 0 radical (unpaired) electrons. The van der Waals surface area contributed by atoms with Crippen molar-refractivity contribution < 1.29 is 4.57 Å². The van der Waals surface area contributed by atoms with Gasteiger partial charge in [0.15, 0.2) is 0 Å². The highest BCUT2D eigenvalue weighted by molar-refractivity contribution is 7.99. The van der Waals surface area contributed by atoms with Crippen LogP contribution in [0.15, 0.2) is 24.2 Å². The minimum absolute atomic E-state index is 1.12. The summed E-state index contributed by atoms with van der Waals surface area (Å²) in [5.74, 6) is 2.45. The molecule has 0 saturated carbocycles. The maximum absolute atomic E-state index is 4.28. The minimum atomic E-state index is 1.12. The Morgan fingerprint density at radius 1 is 1.44 bits per heavy atom. The molecule has 2 rings (SSSR count). The van der Waals surface area contributed by atoms with Gasteiger partial charge in [0.05, 0.1) is 24.8 Å². The number of hydrogen-bond donors (Lipinski definition) is 0. The normalized spacial score (nSPS) is 11.0. The number of aryl methyl sites for hydroxylation is 4. The summed E-state index contributed by atoms with van der Waals surface area (Å²) in [5.41, 5.74) is 3.15. The summed E-state index contributed by atoms with van der Waals surface area (Å²) in [4.78, 5) is 5.72. The minimum Gasteiger partial charge on any atom is -0.250 e. The summed E-state index contributed by atoms with van der Waals surface area (Å²) in [6.07, 6.45) is 8.75. The molecule has 0 saturated heterocycles. The molecule has 0 aliphatic carbocycles. The molecule has 2 aromatic rings. The van der Waals surface area contributed by atoms with Crippen LogP contribution in [0.3, 0.4) is 0 Å². The van der Waals surface area contributed by atoms with Crippen molar-refractivity contribution in [3.05, 3.63) is 34.8 Å². The van der Waals surface area contributed by atoms with Gasteiger partial charge in [-0.15, -0.1) is 11.3 Å². The zero-order valence-electron chi connectivity index (χ0n) is 11.0. The summed E-state index contributed by atoms with van der Waals surface area (Å²) in [7, 11) is 2.06. The van der Waals surface area contributed by atoms with E-state index < -0.39 is 0 Å². The number of thiazole rings is 1. The summed E-state index contributed by atoms with van der Waals surface area (Å²) in [5, 5.41) is 0. The summed E-state index contributed by atoms with van der Waals surface area (Å²) in [6.45, 7) is 3.22. The highest BCUT2D eigenvalue weighted by atomic mass is 32.2. The molecule has 2 aromatic heterocycles. The zero-order valence-corrected chi connectivity index (χ0v) is 12.6. The highest BCUT2D eigenvalue weighted by Crippen LogP contribution is 2.15. The van der Waals surface area contributed by atoms with E-state index in [1.54, 1.807) is 11.3 Å².